The topological polar surface area (TPSA) is 145 Å². The molecule has 298 valence electrons. The number of benzene rings is 5. The highest BCUT2D eigenvalue weighted by molar-refractivity contribution is 7.89. The maximum absolute atomic E-state index is 13.6. The van der Waals surface area contributed by atoms with Gasteiger partial charge in [0.15, 0.2) is 0 Å². The Morgan fingerprint density at radius 1 is 0.702 bits per heavy atom. The molecule has 0 saturated heterocycles. The quantitative estimate of drug-likeness (QED) is 0.0392. The van der Waals surface area contributed by atoms with E-state index in [0.717, 1.165) is 62.5 Å². The Balaban J connectivity index is 1.16. The van der Waals surface area contributed by atoms with Crippen molar-refractivity contribution in [3.63, 3.8) is 0 Å². The third kappa shape index (κ3) is 8.32. The lowest BCUT2D eigenvalue weighted by molar-refractivity contribution is -0.137. The van der Waals surface area contributed by atoms with Crippen molar-refractivity contribution in [1.29, 1.82) is 0 Å². The SMILES string of the molecule is C=CC(=O)OCCN(CCOC(=O)C=C)S(=O)(=O)c1ccc(NNc2ccc(NNc3ccc4c5c(cccc35)N(C)C(C)(CCC)N4C)c3ccccc23)cc1. The number of fused-ring (bicyclic) bond motifs is 1. The highest BCUT2D eigenvalue weighted by atomic mass is 32.2. The highest BCUT2D eigenvalue weighted by Gasteiger charge is 2.39. The Morgan fingerprint density at radius 3 is 1.74 bits per heavy atom. The fourth-order valence-electron chi connectivity index (χ4n) is 7.21. The first-order chi connectivity index (χ1) is 27.4. The Labute approximate surface area is 333 Å². The number of hydrogen-bond acceptors (Lipinski definition) is 12. The van der Waals surface area contributed by atoms with E-state index in [4.69, 9.17) is 9.47 Å². The molecule has 0 bridgehead atoms. The zero-order valence-electron chi connectivity index (χ0n) is 32.7. The second-order valence-corrected chi connectivity index (χ2v) is 15.7. The van der Waals surface area contributed by atoms with Crippen LogP contribution < -0.4 is 31.5 Å². The minimum absolute atomic E-state index is 0.0105. The molecule has 0 amide bonds. The molecule has 1 unspecified atom stereocenters. The summed E-state index contributed by atoms with van der Waals surface area (Å²) < 4.78 is 38.2. The molecule has 1 aliphatic heterocycles. The van der Waals surface area contributed by atoms with Crippen LogP contribution in [0.5, 0.6) is 0 Å². The van der Waals surface area contributed by atoms with E-state index in [9.17, 15) is 18.0 Å². The number of carbonyl (C=O) groups excluding carboxylic acids is 2. The third-order valence-electron chi connectivity index (χ3n) is 10.5. The van der Waals surface area contributed by atoms with Crippen molar-refractivity contribution in [2.75, 3.05) is 71.9 Å². The number of anilines is 6. The van der Waals surface area contributed by atoms with E-state index in [1.54, 1.807) is 12.1 Å². The average molecular weight is 792 g/mol. The predicted octanol–water partition coefficient (Wildman–Crippen LogP) is 7.72. The smallest absolute Gasteiger partial charge is 0.330 e. The van der Waals surface area contributed by atoms with E-state index in [2.05, 4.69) is 103 Å². The molecular weight excluding hydrogens is 743 g/mol. The van der Waals surface area contributed by atoms with Gasteiger partial charge in [0, 0.05) is 72.3 Å². The molecule has 0 aromatic heterocycles. The van der Waals surface area contributed by atoms with Crippen LogP contribution in [0, 0.1) is 0 Å². The molecular formula is C43H49N7O6S. The van der Waals surface area contributed by atoms with Gasteiger partial charge in [-0.05, 0) is 67.9 Å². The van der Waals surface area contributed by atoms with Crippen molar-refractivity contribution in [1.82, 2.24) is 4.31 Å². The van der Waals surface area contributed by atoms with Crippen LogP contribution >= 0.6 is 0 Å². The number of hydrogen-bond donors (Lipinski definition) is 4. The van der Waals surface area contributed by atoms with Crippen LogP contribution in [-0.4, -0.2) is 70.7 Å². The van der Waals surface area contributed by atoms with Gasteiger partial charge >= 0.3 is 11.9 Å². The molecule has 57 heavy (non-hydrogen) atoms. The van der Waals surface area contributed by atoms with Crippen LogP contribution in [0.1, 0.15) is 26.7 Å². The van der Waals surface area contributed by atoms with Crippen molar-refractivity contribution in [3.8, 4) is 0 Å². The Hall–Kier alpha value is -6.25. The number of esters is 2. The molecule has 0 radical (unpaired) electrons. The summed E-state index contributed by atoms with van der Waals surface area (Å²) in [6.45, 7) is 10.5. The van der Waals surface area contributed by atoms with E-state index in [-0.39, 0.29) is 36.9 Å². The summed E-state index contributed by atoms with van der Waals surface area (Å²) in [6.07, 6.45) is 4.11. The highest BCUT2D eigenvalue weighted by Crippen LogP contribution is 2.47. The lowest BCUT2D eigenvalue weighted by atomic mass is 9.93. The number of hydrazine groups is 2. The first kappa shape index (κ1) is 40.4. The van der Waals surface area contributed by atoms with Crippen molar-refractivity contribution in [2.45, 2.75) is 37.2 Å². The maximum atomic E-state index is 13.6. The van der Waals surface area contributed by atoms with Crippen LogP contribution in [0.3, 0.4) is 0 Å². The molecule has 4 N–H and O–H groups in total. The van der Waals surface area contributed by atoms with Crippen molar-refractivity contribution in [3.05, 3.63) is 116 Å². The molecule has 0 saturated carbocycles. The lowest BCUT2D eigenvalue weighted by Crippen LogP contribution is -2.58. The van der Waals surface area contributed by atoms with Crippen molar-refractivity contribution in [2.24, 2.45) is 0 Å². The van der Waals surface area contributed by atoms with Crippen LogP contribution in [0.4, 0.5) is 34.1 Å². The lowest BCUT2D eigenvalue weighted by Gasteiger charge is -2.52. The normalized spacial score (nSPS) is 15.0. The van der Waals surface area contributed by atoms with Crippen molar-refractivity contribution < 1.29 is 27.5 Å². The summed E-state index contributed by atoms with van der Waals surface area (Å²) in [7, 11) is 0.311. The van der Waals surface area contributed by atoms with Gasteiger partial charge < -0.3 is 41.0 Å². The largest absolute Gasteiger partial charge is 0.461 e. The molecule has 0 aliphatic carbocycles. The number of carbonyl (C=O) groups is 2. The van der Waals surface area contributed by atoms with Crippen LogP contribution in [0.25, 0.3) is 21.5 Å². The fraction of sp³-hybridized carbons (Fsp3) is 0.256. The molecule has 5 aromatic carbocycles. The van der Waals surface area contributed by atoms with Crippen molar-refractivity contribution >= 4 is 77.6 Å². The third-order valence-corrected chi connectivity index (χ3v) is 12.4. The van der Waals surface area contributed by atoms with E-state index in [0.29, 0.717) is 5.69 Å². The van der Waals surface area contributed by atoms with Gasteiger partial charge in [-0.25, -0.2) is 18.0 Å². The summed E-state index contributed by atoms with van der Waals surface area (Å²) in [6, 6.07) is 29.0. The van der Waals surface area contributed by atoms with Crippen LogP contribution in [-0.2, 0) is 29.1 Å². The van der Waals surface area contributed by atoms with Gasteiger partial charge in [0.2, 0.25) is 10.0 Å². The molecule has 14 heteroatoms. The van der Waals surface area contributed by atoms with E-state index in [1.165, 1.54) is 28.9 Å². The standard InChI is InChI=1S/C43H49N7O6S/c1-7-25-43(4)48(5)38-16-12-15-34-37(23-24-39(42(34)38)49(43)6)47-46-36-22-21-35(32-13-10-11-14-33(32)36)45-44-30-17-19-31(20-18-30)57(53,54)50(26-28-55-40(51)8-2)27-29-56-41(52)9-3/h8-24,44-47H,2-3,7,25-29H2,1,4-6H3. The molecule has 13 nitrogen and oxygen atoms in total. The first-order valence-electron chi connectivity index (χ1n) is 18.7. The summed E-state index contributed by atoms with van der Waals surface area (Å²) >= 11 is 0. The molecule has 1 atom stereocenters. The maximum Gasteiger partial charge on any atom is 0.330 e. The van der Waals surface area contributed by atoms with Crippen LogP contribution in [0.15, 0.2) is 121 Å². The zero-order chi connectivity index (χ0) is 40.7. The summed E-state index contributed by atoms with van der Waals surface area (Å²) in [5.74, 6) is -1.35. The summed E-state index contributed by atoms with van der Waals surface area (Å²) in [4.78, 5) is 27.9. The van der Waals surface area contributed by atoms with E-state index >= 15 is 0 Å². The van der Waals surface area contributed by atoms with E-state index < -0.39 is 22.0 Å². The molecule has 6 rings (SSSR count). The predicted molar refractivity (Wildman–Crippen MR) is 230 cm³/mol. The van der Waals surface area contributed by atoms with Gasteiger partial charge in [0.25, 0.3) is 0 Å². The van der Waals surface area contributed by atoms with Gasteiger partial charge in [-0.1, -0.05) is 62.9 Å². The average Bonchev–Trinajstić information content (AvgIpc) is 3.23. The number of nitrogens with one attached hydrogen (secondary N) is 4. The summed E-state index contributed by atoms with van der Waals surface area (Å²) in [5, 5.41) is 4.26. The zero-order valence-corrected chi connectivity index (χ0v) is 33.5. The van der Waals surface area contributed by atoms with Gasteiger partial charge in [-0.15, -0.1) is 0 Å². The number of sulfonamides is 1. The number of nitrogens with zero attached hydrogens (tertiary/aromatic N) is 3. The Morgan fingerprint density at radius 2 is 1.19 bits per heavy atom. The Bertz CT molecular complexity index is 2360. The Kier molecular flexibility index (Phi) is 12.2. The van der Waals surface area contributed by atoms with E-state index in [1.807, 2.05) is 36.4 Å². The second kappa shape index (κ2) is 17.3. The van der Waals surface area contributed by atoms with Gasteiger partial charge in [0.05, 0.1) is 27.6 Å². The summed E-state index contributed by atoms with van der Waals surface area (Å²) in [5.41, 5.74) is 18.9. The van der Waals surface area contributed by atoms with Gasteiger partial charge in [0.1, 0.15) is 18.9 Å². The molecule has 1 aliphatic rings. The molecule has 0 spiro atoms. The molecule has 0 fully saturated rings. The first-order valence-corrected chi connectivity index (χ1v) is 20.1. The molecule has 5 aromatic rings. The second-order valence-electron chi connectivity index (χ2n) is 13.8. The monoisotopic (exact) mass is 791 g/mol. The molecule has 1 heterocycles. The minimum atomic E-state index is -4.05. The van der Waals surface area contributed by atoms with Gasteiger partial charge in [-0.3, -0.25) is 0 Å². The van der Waals surface area contributed by atoms with Gasteiger partial charge in [-0.2, -0.15) is 4.31 Å². The fourth-order valence-corrected chi connectivity index (χ4v) is 8.61. The number of ether oxygens (including phenoxy) is 2. The number of rotatable bonds is 18. The minimum Gasteiger partial charge on any atom is -0.461 e. The van der Waals surface area contributed by atoms with Crippen LogP contribution in [0.2, 0.25) is 0 Å².